The van der Waals surface area contributed by atoms with Gasteiger partial charge in [0.25, 0.3) is 0 Å². The Labute approximate surface area is 134 Å². The van der Waals surface area contributed by atoms with Crippen molar-refractivity contribution in [2.24, 2.45) is 0 Å². The summed E-state index contributed by atoms with van der Waals surface area (Å²) >= 11 is 12.1. The molecule has 0 amide bonds. The van der Waals surface area contributed by atoms with Gasteiger partial charge in [-0.2, -0.15) is 0 Å². The van der Waals surface area contributed by atoms with Gasteiger partial charge in [-0.3, -0.25) is 4.90 Å². The first-order valence-corrected chi connectivity index (χ1v) is 7.71. The Bertz CT molecular complexity index is 627. The minimum absolute atomic E-state index is 0.0554. The first-order chi connectivity index (χ1) is 10.1. The number of pyridine rings is 1. The van der Waals surface area contributed by atoms with Gasteiger partial charge in [0.1, 0.15) is 17.1 Å². The fourth-order valence-corrected chi connectivity index (χ4v) is 2.64. The summed E-state index contributed by atoms with van der Waals surface area (Å²) in [7, 11) is 0. The topological polar surface area (TPSA) is 25.4 Å². The van der Waals surface area contributed by atoms with Gasteiger partial charge in [0.2, 0.25) is 0 Å². The lowest BCUT2D eigenvalue weighted by Gasteiger charge is -2.36. The van der Waals surface area contributed by atoms with Gasteiger partial charge in [-0.25, -0.2) is 4.98 Å². The second-order valence-corrected chi connectivity index (χ2v) is 5.92. The summed E-state index contributed by atoms with van der Waals surface area (Å²) in [6, 6.07) is 9.45. The number of nitrogens with zero attached hydrogens (tertiary/aromatic N) is 2. The molecule has 1 aromatic heterocycles. The second kappa shape index (κ2) is 6.22. The van der Waals surface area contributed by atoms with Gasteiger partial charge in [-0.15, -0.1) is 0 Å². The maximum absolute atomic E-state index is 6.20. The van der Waals surface area contributed by atoms with Crippen molar-refractivity contribution in [1.29, 1.82) is 0 Å². The van der Waals surface area contributed by atoms with Crippen molar-refractivity contribution < 1.29 is 4.74 Å². The molecule has 3 nitrogen and oxygen atoms in total. The van der Waals surface area contributed by atoms with E-state index in [1.165, 1.54) is 6.42 Å². The molecule has 5 heteroatoms. The zero-order chi connectivity index (χ0) is 14.8. The third-order valence-electron chi connectivity index (χ3n) is 3.68. The molecule has 1 unspecified atom stereocenters. The molecule has 1 aliphatic heterocycles. The van der Waals surface area contributed by atoms with Gasteiger partial charge >= 0.3 is 0 Å². The number of hydrogen-bond donors (Lipinski definition) is 0. The molecule has 0 bridgehead atoms. The summed E-state index contributed by atoms with van der Waals surface area (Å²) in [4.78, 5) is 6.50. The van der Waals surface area contributed by atoms with Crippen LogP contribution in [0.5, 0.6) is 5.75 Å². The van der Waals surface area contributed by atoms with Gasteiger partial charge in [-0.1, -0.05) is 35.3 Å². The van der Waals surface area contributed by atoms with Crippen LogP contribution in [-0.4, -0.2) is 29.2 Å². The van der Waals surface area contributed by atoms with E-state index in [1.807, 2.05) is 30.3 Å². The molecule has 2 aromatic rings. The van der Waals surface area contributed by atoms with Gasteiger partial charge in [0.05, 0.1) is 6.20 Å². The molecule has 110 valence electrons. The lowest BCUT2D eigenvalue weighted by molar-refractivity contribution is -0.00256. The Morgan fingerprint density at radius 2 is 1.90 bits per heavy atom. The number of ether oxygens (including phenoxy) is 1. The van der Waals surface area contributed by atoms with Crippen LogP contribution in [0.25, 0.3) is 11.1 Å². The third-order valence-corrected chi connectivity index (χ3v) is 4.23. The molecule has 1 saturated heterocycles. The van der Waals surface area contributed by atoms with Crippen LogP contribution in [0.15, 0.2) is 36.5 Å². The van der Waals surface area contributed by atoms with E-state index in [1.54, 1.807) is 6.20 Å². The summed E-state index contributed by atoms with van der Waals surface area (Å²) in [5, 5.41) is 1.16. The lowest BCUT2D eigenvalue weighted by atomic mass is 10.1. The molecule has 1 atom stereocenters. The Balaban J connectivity index is 1.83. The van der Waals surface area contributed by atoms with E-state index in [0.717, 1.165) is 30.0 Å². The fraction of sp³-hybridized carbons (Fsp3) is 0.312. The minimum Gasteiger partial charge on any atom is -0.474 e. The van der Waals surface area contributed by atoms with Gasteiger partial charge in [0.15, 0.2) is 0 Å². The zero-order valence-corrected chi connectivity index (χ0v) is 13.2. The lowest BCUT2D eigenvalue weighted by Crippen LogP contribution is -2.46. The zero-order valence-electron chi connectivity index (χ0n) is 11.7. The molecule has 1 aliphatic rings. The quantitative estimate of drug-likeness (QED) is 0.776. The standard InChI is InChI=1S/C16H16Cl2N2O/c1-11(20-7-2-8-20)21-14-9-15(16(18)19-10-14)12-3-5-13(17)6-4-12/h3-6,9-11H,2,7-8H2,1H3. The van der Waals surface area contributed by atoms with Crippen LogP contribution >= 0.6 is 23.2 Å². The molecular formula is C16H16Cl2N2O. The highest BCUT2D eigenvalue weighted by Gasteiger charge is 2.21. The number of benzene rings is 1. The molecule has 0 N–H and O–H groups in total. The Hall–Kier alpha value is -1.29. The van der Waals surface area contributed by atoms with Crippen LogP contribution in [-0.2, 0) is 0 Å². The van der Waals surface area contributed by atoms with Crippen molar-refractivity contribution in [3.05, 3.63) is 46.7 Å². The average Bonchev–Trinajstić information content (AvgIpc) is 2.40. The summed E-state index contributed by atoms with van der Waals surface area (Å²) in [6.45, 7) is 4.23. The maximum Gasteiger partial charge on any atom is 0.149 e. The Morgan fingerprint density at radius 3 is 2.52 bits per heavy atom. The molecule has 0 spiro atoms. The summed E-state index contributed by atoms with van der Waals surface area (Å²) < 4.78 is 5.94. The molecule has 1 aromatic carbocycles. The first-order valence-electron chi connectivity index (χ1n) is 6.95. The monoisotopic (exact) mass is 322 g/mol. The normalized spacial score (nSPS) is 16.3. The number of hydrogen-bond acceptors (Lipinski definition) is 3. The van der Waals surface area contributed by atoms with Crippen molar-refractivity contribution >= 4 is 23.2 Å². The van der Waals surface area contributed by atoms with E-state index >= 15 is 0 Å². The van der Waals surface area contributed by atoms with Crippen LogP contribution in [0.4, 0.5) is 0 Å². The Morgan fingerprint density at radius 1 is 1.19 bits per heavy atom. The van der Waals surface area contributed by atoms with Crippen molar-refractivity contribution in [3.63, 3.8) is 0 Å². The van der Waals surface area contributed by atoms with Crippen molar-refractivity contribution in [2.45, 2.75) is 19.6 Å². The van der Waals surface area contributed by atoms with E-state index in [0.29, 0.717) is 10.2 Å². The van der Waals surface area contributed by atoms with E-state index in [9.17, 15) is 0 Å². The molecule has 0 radical (unpaired) electrons. The number of aromatic nitrogens is 1. The molecule has 0 saturated carbocycles. The number of likely N-dealkylation sites (tertiary alicyclic amines) is 1. The van der Waals surface area contributed by atoms with Crippen LogP contribution in [0.1, 0.15) is 13.3 Å². The van der Waals surface area contributed by atoms with Crippen LogP contribution < -0.4 is 4.74 Å². The maximum atomic E-state index is 6.20. The second-order valence-electron chi connectivity index (χ2n) is 5.12. The van der Waals surface area contributed by atoms with Gasteiger partial charge in [0, 0.05) is 23.7 Å². The van der Waals surface area contributed by atoms with Crippen molar-refractivity contribution in [2.75, 3.05) is 13.1 Å². The van der Waals surface area contributed by atoms with E-state index in [2.05, 4.69) is 16.8 Å². The number of halogens is 2. The fourth-order valence-electron chi connectivity index (χ4n) is 2.30. The largest absolute Gasteiger partial charge is 0.474 e. The van der Waals surface area contributed by atoms with Gasteiger partial charge in [-0.05, 0) is 37.1 Å². The summed E-state index contributed by atoms with van der Waals surface area (Å²) in [5.74, 6) is 0.726. The van der Waals surface area contributed by atoms with Crippen LogP contribution in [0.2, 0.25) is 10.2 Å². The molecular weight excluding hydrogens is 307 g/mol. The van der Waals surface area contributed by atoms with Crippen molar-refractivity contribution in [3.8, 4) is 16.9 Å². The predicted octanol–water partition coefficient (Wildman–Crippen LogP) is 4.49. The number of rotatable bonds is 4. The predicted molar refractivity (Wildman–Crippen MR) is 86.0 cm³/mol. The SMILES string of the molecule is CC(Oc1cnc(Cl)c(-c2ccc(Cl)cc2)c1)N1CCC1. The van der Waals surface area contributed by atoms with E-state index in [-0.39, 0.29) is 6.23 Å². The van der Waals surface area contributed by atoms with Crippen molar-refractivity contribution in [1.82, 2.24) is 9.88 Å². The third kappa shape index (κ3) is 3.31. The summed E-state index contributed by atoms with van der Waals surface area (Å²) in [5.41, 5.74) is 1.82. The highest BCUT2D eigenvalue weighted by Crippen LogP contribution is 2.31. The van der Waals surface area contributed by atoms with Gasteiger partial charge < -0.3 is 4.74 Å². The Kier molecular flexibility index (Phi) is 4.34. The van der Waals surface area contributed by atoms with E-state index < -0.39 is 0 Å². The molecule has 21 heavy (non-hydrogen) atoms. The summed E-state index contributed by atoms with van der Waals surface area (Å²) in [6.07, 6.45) is 2.96. The van der Waals surface area contributed by atoms with Crippen LogP contribution in [0, 0.1) is 0 Å². The molecule has 3 rings (SSSR count). The smallest absolute Gasteiger partial charge is 0.149 e. The van der Waals surface area contributed by atoms with E-state index in [4.69, 9.17) is 27.9 Å². The first kappa shape index (κ1) is 14.6. The molecule has 2 heterocycles. The highest BCUT2D eigenvalue weighted by atomic mass is 35.5. The van der Waals surface area contributed by atoms with Crippen LogP contribution in [0.3, 0.4) is 0 Å². The average molecular weight is 323 g/mol. The molecule has 0 aliphatic carbocycles. The minimum atomic E-state index is 0.0554. The molecule has 1 fully saturated rings. The highest BCUT2D eigenvalue weighted by molar-refractivity contribution is 6.32.